The molecule has 27 heavy (non-hydrogen) atoms. The topological polar surface area (TPSA) is 98.7 Å². The van der Waals surface area contributed by atoms with Gasteiger partial charge in [0.15, 0.2) is 0 Å². The lowest BCUT2D eigenvalue weighted by Gasteiger charge is -2.15. The van der Waals surface area contributed by atoms with Crippen LogP contribution in [0.1, 0.15) is 24.5 Å². The summed E-state index contributed by atoms with van der Waals surface area (Å²) in [5, 5.41) is 14.3. The van der Waals surface area contributed by atoms with Crippen molar-refractivity contribution in [1.82, 2.24) is 0 Å². The first-order chi connectivity index (χ1) is 12.9. The van der Waals surface area contributed by atoms with Crippen LogP contribution in [0, 0.1) is 0 Å². The Hall–Kier alpha value is -3.35. The van der Waals surface area contributed by atoms with E-state index in [9.17, 15) is 14.4 Å². The molecule has 2 aromatic rings. The lowest BCUT2D eigenvalue weighted by molar-refractivity contribution is -0.137. The molecule has 0 radical (unpaired) electrons. The summed E-state index contributed by atoms with van der Waals surface area (Å²) in [5.74, 6) is -0.846. The first-order valence-electron chi connectivity index (χ1n) is 8.72. The van der Waals surface area contributed by atoms with Crippen LogP contribution in [0.4, 0.5) is 21.9 Å². The molecule has 0 atom stereocenters. The zero-order chi connectivity index (χ0) is 19.4. The Bertz CT molecular complexity index is 895. The fraction of sp³-hybridized carbons (Fsp3) is 0.250. The molecule has 0 saturated heterocycles. The highest BCUT2D eigenvalue weighted by Crippen LogP contribution is 2.30. The average Bonchev–Trinajstić information content (AvgIpc) is 3.03. The number of fused-ring (bicyclic) bond motifs is 1. The quantitative estimate of drug-likeness (QED) is 0.755. The number of aryl methyl sites for hydroxylation is 1. The Labute approximate surface area is 157 Å². The number of carbonyl (C=O) groups is 3. The van der Waals surface area contributed by atoms with E-state index in [1.165, 1.54) is 0 Å². The summed E-state index contributed by atoms with van der Waals surface area (Å²) in [6, 6.07) is 12.2. The molecule has 0 saturated carbocycles. The fourth-order valence-corrected chi connectivity index (χ4v) is 3.16. The summed E-state index contributed by atoms with van der Waals surface area (Å²) >= 11 is 0. The van der Waals surface area contributed by atoms with E-state index < -0.39 is 5.97 Å². The number of rotatable bonds is 5. The van der Waals surface area contributed by atoms with Gasteiger partial charge in [0.25, 0.3) is 0 Å². The number of hydrogen-bond acceptors (Lipinski definition) is 3. The van der Waals surface area contributed by atoms with Crippen molar-refractivity contribution in [2.75, 3.05) is 22.1 Å². The van der Waals surface area contributed by atoms with Crippen LogP contribution in [0.2, 0.25) is 0 Å². The van der Waals surface area contributed by atoms with Crippen LogP contribution in [0.25, 0.3) is 0 Å². The van der Waals surface area contributed by atoms with Gasteiger partial charge in [0.05, 0.1) is 0 Å². The van der Waals surface area contributed by atoms with Crippen LogP contribution in [-0.2, 0) is 22.4 Å². The minimum atomic E-state index is -0.856. The highest BCUT2D eigenvalue weighted by molar-refractivity contribution is 6.00. The maximum atomic E-state index is 12.3. The molecule has 0 spiro atoms. The van der Waals surface area contributed by atoms with E-state index in [4.69, 9.17) is 5.11 Å². The van der Waals surface area contributed by atoms with Crippen LogP contribution in [0.15, 0.2) is 42.5 Å². The van der Waals surface area contributed by atoms with Gasteiger partial charge in [0, 0.05) is 37.0 Å². The molecular weight excluding hydrogens is 346 g/mol. The van der Waals surface area contributed by atoms with Crippen LogP contribution >= 0.6 is 0 Å². The standard InChI is InChI=1S/C20H21N3O4/c1-13(24)23-10-9-15-12-17(6-7-18(15)23)22-20(27)21-16-4-2-3-14(11-16)5-8-19(25)26/h2-4,6-7,11-12H,5,8-10H2,1H3,(H,25,26)(H2,21,22,27). The van der Waals surface area contributed by atoms with E-state index in [2.05, 4.69) is 10.6 Å². The molecule has 3 N–H and O–H groups in total. The number of hydrogen-bond donors (Lipinski definition) is 3. The molecule has 1 aliphatic heterocycles. The largest absolute Gasteiger partial charge is 0.481 e. The van der Waals surface area contributed by atoms with Crippen LogP contribution in [0.3, 0.4) is 0 Å². The molecule has 0 fully saturated rings. The maximum Gasteiger partial charge on any atom is 0.323 e. The Balaban J connectivity index is 1.62. The number of amides is 3. The number of anilines is 3. The molecule has 0 aromatic heterocycles. The number of nitrogens with one attached hydrogen (secondary N) is 2. The fourth-order valence-electron chi connectivity index (χ4n) is 3.16. The van der Waals surface area contributed by atoms with Crippen LogP contribution in [0.5, 0.6) is 0 Å². The van der Waals surface area contributed by atoms with Crippen molar-refractivity contribution in [1.29, 1.82) is 0 Å². The van der Waals surface area contributed by atoms with Gasteiger partial charge in [-0.3, -0.25) is 9.59 Å². The molecule has 7 nitrogen and oxygen atoms in total. The number of carboxylic acid groups (broad SMARTS) is 1. The van der Waals surface area contributed by atoms with E-state index >= 15 is 0 Å². The van der Waals surface area contributed by atoms with E-state index in [-0.39, 0.29) is 18.4 Å². The van der Waals surface area contributed by atoms with Gasteiger partial charge in [-0.25, -0.2) is 4.79 Å². The number of carbonyl (C=O) groups excluding carboxylic acids is 2. The highest BCUT2D eigenvalue weighted by atomic mass is 16.4. The predicted molar refractivity (Wildman–Crippen MR) is 103 cm³/mol. The number of aliphatic carboxylic acids is 1. The van der Waals surface area contributed by atoms with Crippen LogP contribution in [-0.4, -0.2) is 29.6 Å². The molecule has 2 aromatic carbocycles. The molecule has 140 valence electrons. The Kier molecular flexibility index (Phi) is 5.40. The average molecular weight is 367 g/mol. The number of benzene rings is 2. The van der Waals surface area contributed by atoms with Gasteiger partial charge in [-0.05, 0) is 54.3 Å². The van der Waals surface area contributed by atoms with Gasteiger partial charge in [-0.2, -0.15) is 0 Å². The zero-order valence-electron chi connectivity index (χ0n) is 15.0. The van der Waals surface area contributed by atoms with Crippen molar-refractivity contribution in [2.45, 2.75) is 26.2 Å². The van der Waals surface area contributed by atoms with Crippen molar-refractivity contribution >= 4 is 35.0 Å². The van der Waals surface area contributed by atoms with Crippen LogP contribution < -0.4 is 15.5 Å². The Morgan fingerprint density at radius 2 is 1.81 bits per heavy atom. The highest BCUT2D eigenvalue weighted by Gasteiger charge is 2.22. The third-order valence-corrected chi connectivity index (χ3v) is 4.43. The van der Waals surface area contributed by atoms with Crippen molar-refractivity contribution in [3.8, 4) is 0 Å². The summed E-state index contributed by atoms with van der Waals surface area (Å²) < 4.78 is 0. The molecule has 7 heteroatoms. The van der Waals surface area contributed by atoms with Gasteiger partial charge < -0.3 is 20.6 Å². The van der Waals surface area contributed by atoms with Gasteiger partial charge in [0.2, 0.25) is 5.91 Å². The third kappa shape index (κ3) is 4.63. The van der Waals surface area contributed by atoms with E-state index in [0.717, 1.165) is 23.2 Å². The third-order valence-electron chi connectivity index (χ3n) is 4.43. The van der Waals surface area contributed by atoms with Gasteiger partial charge in [-0.1, -0.05) is 12.1 Å². The second-order valence-electron chi connectivity index (χ2n) is 6.44. The van der Waals surface area contributed by atoms with Gasteiger partial charge in [-0.15, -0.1) is 0 Å². The summed E-state index contributed by atoms with van der Waals surface area (Å²) in [6.45, 7) is 2.20. The monoisotopic (exact) mass is 367 g/mol. The smallest absolute Gasteiger partial charge is 0.323 e. The maximum absolute atomic E-state index is 12.3. The number of nitrogens with zero attached hydrogens (tertiary/aromatic N) is 1. The Morgan fingerprint density at radius 1 is 1.07 bits per heavy atom. The van der Waals surface area contributed by atoms with E-state index in [1.54, 1.807) is 36.1 Å². The molecule has 1 aliphatic rings. The van der Waals surface area contributed by atoms with E-state index in [0.29, 0.717) is 24.3 Å². The molecule has 0 bridgehead atoms. The second-order valence-corrected chi connectivity index (χ2v) is 6.44. The minimum Gasteiger partial charge on any atom is -0.481 e. The van der Waals surface area contributed by atoms with Crippen molar-refractivity contribution in [3.63, 3.8) is 0 Å². The molecular formula is C20H21N3O4. The summed E-state index contributed by atoms with van der Waals surface area (Å²) in [7, 11) is 0. The SMILES string of the molecule is CC(=O)N1CCc2cc(NC(=O)Nc3cccc(CCC(=O)O)c3)ccc21. The summed E-state index contributed by atoms with van der Waals surface area (Å²) in [4.78, 5) is 36.3. The van der Waals surface area contributed by atoms with Crippen molar-refractivity contribution in [2.24, 2.45) is 0 Å². The lowest BCUT2D eigenvalue weighted by Crippen LogP contribution is -2.25. The van der Waals surface area contributed by atoms with Gasteiger partial charge >= 0.3 is 12.0 Å². The normalized spacial score (nSPS) is 12.4. The van der Waals surface area contributed by atoms with Crippen molar-refractivity contribution < 1.29 is 19.5 Å². The Morgan fingerprint density at radius 3 is 2.52 bits per heavy atom. The minimum absolute atomic E-state index is 0.00924. The number of carboxylic acids is 1. The van der Waals surface area contributed by atoms with Gasteiger partial charge in [0.1, 0.15) is 0 Å². The summed E-state index contributed by atoms with van der Waals surface area (Å²) in [5.41, 5.74) is 4.01. The lowest BCUT2D eigenvalue weighted by atomic mass is 10.1. The molecule has 0 aliphatic carbocycles. The second kappa shape index (κ2) is 7.90. The first kappa shape index (κ1) is 18.4. The molecule has 3 rings (SSSR count). The predicted octanol–water partition coefficient (Wildman–Crippen LogP) is 3.26. The zero-order valence-corrected chi connectivity index (χ0v) is 15.0. The number of urea groups is 1. The molecule has 3 amide bonds. The van der Waals surface area contributed by atoms with E-state index in [1.807, 2.05) is 18.2 Å². The van der Waals surface area contributed by atoms with Crippen molar-refractivity contribution in [3.05, 3.63) is 53.6 Å². The molecule has 1 heterocycles. The summed E-state index contributed by atoms with van der Waals surface area (Å²) in [6.07, 6.45) is 1.21. The first-order valence-corrected chi connectivity index (χ1v) is 8.72. The molecule has 0 unspecified atom stereocenters.